The molecule has 0 unspecified atom stereocenters. The molecule has 3 heterocycles. The van der Waals surface area contributed by atoms with Crippen LogP contribution in [0.3, 0.4) is 0 Å². The Bertz CT molecular complexity index is 948. The number of carbonyl (C=O) groups excluding carboxylic acids is 2. The van der Waals surface area contributed by atoms with Gasteiger partial charge in [-0.15, -0.1) is 0 Å². The van der Waals surface area contributed by atoms with Gasteiger partial charge in [0.05, 0.1) is 0 Å². The highest BCUT2D eigenvalue weighted by atomic mass is 16.2. The molecule has 5 heteroatoms. The SMILES string of the molecule is O=C1CCc2cc(C=CC(=O)N3CC=C(c4ccccc4)CCC3)cnc2N1. The zero-order valence-electron chi connectivity index (χ0n) is 15.7. The van der Waals surface area contributed by atoms with Crippen molar-refractivity contribution in [3.05, 3.63) is 71.4 Å². The molecule has 1 aromatic carbocycles. The number of pyridine rings is 1. The summed E-state index contributed by atoms with van der Waals surface area (Å²) < 4.78 is 0. The first-order valence-corrected chi connectivity index (χ1v) is 9.69. The molecule has 28 heavy (non-hydrogen) atoms. The Labute approximate surface area is 164 Å². The van der Waals surface area contributed by atoms with Gasteiger partial charge in [-0.05, 0) is 53.7 Å². The standard InChI is InChI=1S/C23H23N3O2/c27-21-10-9-20-15-17(16-24-23(20)25-21)8-11-22(28)26-13-4-7-19(12-14-26)18-5-2-1-3-6-18/h1-3,5-6,8,11-12,15-16H,4,7,9-10,13-14H2,(H,24,25,27). The molecule has 2 aromatic rings. The molecule has 2 aliphatic rings. The van der Waals surface area contributed by atoms with Gasteiger partial charge in [-0.2, -0.15) is 0 Å². The molecule has 1 N–H and O–H groups in total. The first-order chi connectivity index (χ1) is 13.7. The molecule has 0 radical (unpaired) electrons. The Hall–Kier alpha value is -3.21. The van der Waals surface area contributed by atoms with Gasteiger partial charge in [-0.25, -0.2) is 4.98 Å². The number of nitrogens with zero attached hydrogens (tertiary/aromatic N) is 2. The van der Waals surface area contributed by atoms with Crippen LogP contribution in [0.1, 0.15) is 36.0 Å². The van der Waals surface area contributed by atoms with Gasteiger partial charge in [0, 0.05) is 31.8 Å². The smallest absolute Gasteiger partial charge is 0.246 e. The molecule has 0 saturated heterocycles. The molecule has 1 aromatic heterocycles. The molecule has 0 bridgehead atoms. The van der Waals surface area contributed by atoms with Crippen molar-refractivity contribution in [2.75, 3.05) is 18.4 Å². The fraction of sp³-hybridized carbons (Fsp3) is 0.261. The number of allylic oxidation sites excluding steroid dienone is 1. The molecule has 4 rings (SSSR count). The molecule has 2 aliphatic heterocycles. The van der Waals surface area contributed by atoms with Crippen LogP contribution in [-0.4, -0.2) is 34.8 Å². The summed E-state index contributed by atoms with van der Waals surface area (Å²) in [6.45, 7) is 1.38. The van der Waals surface area contributed by atoms with Crippen molar-refractivity contribution in [2.45, 2.75) is 25.7 Å². The van der Waals surface area contributed by atoms with Gasteiger partial charge in [0.1, 0.15) is 5.82 Å². The third kappa shape index (κ3) is 4.19. The highest BCUT2D eigenvalue weighted by Gasteiger charge is 2.16. The summed E-state index contributed by atoms with van der Waals surface area (Å²) in [7, 11) is 0. The minimum atomic E-state index is 0.00237. The highest BCUT2D eigenvalue weighted by molar-refractivity contribution is 5.94. The average molecular weight is 373 g/mol. The number of hydrogen-bond donors (Lipinski definition) is 1. The van der Waals surface area contributed by atoms with E-state index in [-0.39, 0.29) is 11.8 Å². The molecule has 0 atom stereocenters. The second-order valence-electron chi connectivity index (χ2n) is 7.14. The van der Waals surface area contributed by atoms with E-state index >= 15 is 0 Å². The van der Waals surface area contributed by atoms with Crippen LogP contribution >= 0.6 is 0 Å². The van der Waals surface area contributed by atoms with E-state index in [0.717, 1.165) is 30.5 Å². The lowest BCUT2D eigenvalue weighted by atomic mass is 10.0. The molecular formula is C23H23N3O2. The van der Waals surface area contributed by atoms with Crippen molar-refractivity contribution in [1.82, 2.24) is 9.88 Å². The normalized spacial score (nSPS) is 16.9. The van der Waals surface area contributed by atoms with Crippen molar-refractivity contribution < 1.29 is 9.59 Å². The summed E-state index contributed by atoms with van der Waals surface area (Å²) in [6.07, 6.45) is 10.4. The van der Waals surface area contributed by atoms with E-state index in [1.165, 1.54) is 11.1 Å². The van der Waals surface area contributed by atoms with Crippen LogP contribution in [0.15, 0.2) is 54.7 Å². The number of hydrogen-bond acceptors (Lipinski definition) is 3. The topological polar surface area (TPSA) is 62.3 Å². The van der Waals surface area contributed by atoms with Gasteiger partial charge in [0.2, 0.25) is 11.8 Å². The molecule has 2 amide bonds. The lowest BCUT2D eigenvalue weighted by Crippen LogP contribution is -2.29. The summed E-state index contributed by atoms with van der Waals surface area (Å²) in [4.78, 5) is 30.2. The van der Waals surface area contributed by atoms with E-state index in [2.05, 4.69) is 28.5 Å². The number of carbonyl (C=O) groups is 2. The van der Waals surface area contributed by atoms with Crippen LogP contribution in [0.2, 0.25) is 0 Å². The molecule has 0 fully saturated rings. The Morgan fingerprint density at radius 1 is 1.14 bits per heavy atom. The first kappa shape index (κ1) is 18.2. The van der Waals surface area contributed by atoms with Gasteiger partial charge >= 0.3 is 0 Å². The maximum absolute atomic E-state index is 12.6. The molecule has 5 nitrogen and oxygen atoms in total. The number of anilines is 1. The van der Waals surface area contributed by atoms with E-state index in [0.29, 0.717) is 25.2 Å². The molecule has 142 valence electrons. The number of rotatable bonds is 3. The van der Waals surface area contributed by atoms with Crippen molar-refractivity contribution in [3.8, 4) is 0 Å². The fourth-order valence-corrected chi connectivity index (χ4v) is 3.63. The van der Waals surface area contributed by atoms with Gasteiger partial charge in [-0.3, -0.25) is 9.59 Å². The van der Waals surface area contributed by atoms with Crippen molar-refractivity contribution >= 4 is 29.3 Å². The van der Waals surface area contributed by atoms with E-state index < -0.39 is 0 Å². The predicted octanol–water partition coefficient (Wildman–Crippen LogP) is 3.69. The quantitative estimate of drug-likeness (QED) is 0.835. The summed E-state index contributed by atoms with van der Waals surface area (Å²) >= 11 is 0. The Morgan fingerprint density at radius 2 is 2.00 bits per heavy atom. The van der Waals surface area contributed by atoms with Gasteiger partial charge < -0.3 is 10.2 Å². The number of aromatic nitrogens is 1. The Kier molecular flexibility index (Phi) is 5.33. The van der Waals surface area contributed by atoms with Crippen LogP contribution in [-0.2, 0) is 16.0 Å². The van der Waals surface area contributed by atoms with E-state index in [9.17, 15) is 9.59 Å². The number of benzene rings is 1. The maximum Gasteiger partial charge on any atom is 0.246 e. The molecule has 0 saturated carbocycles. The second kappa shape index (κ2) is 8.21. The number of nitrogens with one attached hydrogen (secondary N) is 1. The average Bonchev–Trinajstić information content (AvgIpc) is 2.99. The van der Waals surface area contributed by atoms with Crippen LogP contribution in [0.5, 0.6) is 0 Å². The summed E-state index contributed by atoms with van der Waals surface area (Å²) in [5.74, 6) is 0.643. The number of fused-ring (bicyclic) bond motifs is 1. The predicted molar refractivity (Wildman–Crippen MR) is 110 cm³/mol. The van der Waals surface area contributed by atoms with Crippen molar-refractivity contribution in [3.63, 3.8) is 0 Å². The monoisotopic (exact) mass is 373 g/mol. The van der Waals surface area contributed by atoms with Crippen LogP contribution in [0.4, 0.5) is 5.82 Å². The number of amides is 2. The summed E-state index contributed by atoms with van der Waals surface area (Å²) in [6, 6.07) is 12.3. The summed E-state index contributed by atoms with van der Waals surface area (Å²) in [5, 5.41) is 2.77. The molecule has 0 spiro atoms. The maximum atomic E-state index is 12.6. The Balaban J connectivity index is 1.42. The van der Waals surface area contributed by atoms with Crippen molar-refractivity contribution in [2.24, 2.45) is 0 Å². The van der Waals surface area contributed by atoms with Gasteiger partial charge in [0.25, 0.3) is 0 Å². The lowest BCUT2D eigenvalue weighted by molar-refractivity contribution is -0.125. The zero-order valence-corrected chi connectivity index (χ0v) is 15.7. The van der Waals surface area contributed by atoms with Crippen LogP contribution in [0, 0.1) is 0 Å². The van der Waals surface area contributed by atoms with Gasteiger partial charge in [-0.1, -0.05) is 36.4 Å². The fourth-order valence-electron chi connectivity index (χ4n) is 3.63. The van der Waals surface area contributed by atoms with E-state index in [1.807, 2.05) is 29.2 Å². The first-order valence-electron chi connectivity index (χ1n) is 9.69. The Morgan fingerprint density at radius 3 is 2.86 bits per heavy atom. The van der Waals surface area contributed by atoms with Crippen LogP contribution in [0.25, 0.3) is 11.6 Å². The second-order valence-corrected chi connectivity index (χ2v) is 7.14. The van der Waals surface area contributed by atoms with E-state index in [4.69, 9.17) is 0 Å². The van der Waals surface area contributed by atoms with Gasteiger partial charge in [0.15, 0.2) is 0 Å². The highest BCUT2D eigenvalue weighted by Crippen LogP contribution is 2.23. The van der Waals surface area contributed by atoms with E-state index in [1.54, 1.807) is 18.3 Å². The minimum absolute atomic E-state index is 0.00237. The van der Waals surface area contributed by atoms with Crippen molar-refractivity contribution in [1.29, 1.82) is 0 Å². The zero-order chi connectivity index (χ0) is 19.3. The molecule has 0 aliphatic carbocycles. The molecular weight excluding hydrogens is 350 g/mol. The van der Waals surface area contributed by atoms with Crippen LogP contribution < -0.4 is 5.32 Å². The summed E-state index contributed by atoms with van der Waals surface area (Å²) in [5.41, 5.74) is 4.43. The number of aryl methyl sites for hydroxylation is 1. The third-order valence-electron chi connectivity index (χ3n) is 5.17. The lowest BCUT2D eigenvalue weighted by Gasteiger charge is -2.17. The largest absolute Gasteiger partial charge is 0.335 e. The third-order valence-corrected chi connectivity index (χ3v) is 5.17. The minimum Gasteiger partial charge on any atom is -0.335 e.